The quantitative estimate of drug-likeness (QED) is 0.521. The zero-order valence-electron chi connectivity index (χ0n) is 17.8. The lowest BCUT2D eigenvalue weighted by Crippen LogP contribution is -2.22. The van der Waals surface area contributed by atoms with Crippen molar-refractivity contribution >= 4 is 44.8 Å². The first-order valence-electron chi connectivity index (χ1n) is 9.73. The van der Waals surface area contributed by atoms with E-state index in [1.165, 1.54) is 41.3 Å². The van der Waals surface area contributed by atoms with Crippen molar-refractivity contribution in [1.29, 1.82) is 0 Å². The third kappa shape index (κ3) is 6.30. The third-order valence-corrected chi connectivity index (χ3v) is 6.31. The number of nitrogens with zero attached hydrogens (tertiary/aromatic N) is 1. The van der Waals surface area contributed by atoms with Crippen molar-refractivity contribution < 1.29 is 22.4 Å². The molecule has 0 aliphatic carbocycles. The molecule has 3 aromatic carbocycles. The second-order valence-corrected chi connectivity index (χ2v) is 9.47. The van der Waals surface area contributed by atoms with Gasteiger partial charge in [-0.05, 0) is 60.2 Å². The minimum atomic E-state index is -3.87. The van der Waals surface area contributed by atoms with Crippen LogP contribution >= 0.6 is 11.6 Å². The van der Waals surface area contributed by atoms with Gasteiger partial charge in [0.1, 0.15) is 5.82 Å². The topological polar surface area (TPSA) is 95.6 Å². The maximum Gasteiger partial charge on any atom is 0.261 e. The van der Waals surface area contributed by atoms with Crippen LogP contribution in [0.1, 0.15) is 15.9 Å². The van der Waals surface area contributed by atoms with Gasteiger partial charge in [0.2, 0.25) is 5.91 Å². The average Bonchev–Trinajstić information content (AvgIpc) is 2.76. The molecule has 0 spiro atoms. The smallest absolute Gasteiger partial charge is 0.261 e. The number of carbonyl (C=O) groups excluding carboxylic acids is 2. The summed E-state index contributed by atoms with van der Waals surface area (Å²) in [7, 11) is -0.656. The van der Waals surface area contributed by atoms with Gasteiger partial charge >= 0.3 is 0 Å². The Hall–Kier alpha value is -3.43. The van der Waals surface area contributed by atoms with Crippen LogP contribution in [0.25, 0.3) is 0 Å². The zero-order chi connectivity index (χ0) is 24.2. The second kappa shape index (κ2) is 10.0. The maximum atomic E-state index is 13.0. The molecule has 10 heteroatoms. The molecule has 0 saturated carbocycles. The summed E-state index contributed by atoms with van der Waals surface area (Å²) in [5.41, 5.74) is 1.65. The van der Waals surface area contributed by atoms with Crippen LogP contribution in [0.3, 0.4) is 0 Å². The van der Waals surface area contributed by atoms with Crippen molar-refractivity contribution in [2.75, 3.05) is 24.1 Å². The number of hydrogen-bond donors (Lipinski definition) is 2. The van der Waals surface area contributed by atoms with Crippen LogP contribution in [0.15, 0.2) is 71.6 Å². The number of benzene rings is 3. The molecule has 2 amide bonds. The molecule has 0 heterocycles. The van der Waals surface area contributed by atoms with Gasteiger partial charge in [-0.15, -0.1) is 0 Å². The fourth-order valence-electron chi connectivity index (χ4n) is 2.92. The third-order valence-electron chi connectivity index (χ3n) is 4.58. The molecule has 3 rings (SSSR count). The number of halogens is 2. The molecule has 0 aliphatic heterocycles. The van der Waals surface area contributed by atoms with E-state index in [0.717, 1.165) is 12.1 Å². The van der Waals surface area contributed by atoms with Gasteiger partial charge in [-0.3, -0.25) is 14.3 Å². The Morgan fingerprint density at radius 2 is 1.55 bits per heavy atom. The average molecular weight is 490 g/mol. The maximum absolute atomic E-state index is 13.0. The number of amides is 2. The minimum Gasteiger partial charge on any atom is -0.345 e. The Kier molecular flexibility index (Phi) is 7.35. The summed E-state index contributed by atoms with van der Waals surface area (Å²) in [6, 6.07) is 15.4. The Labute approximate surface area is 196 Å². The van der Waals surface area contributed by atoms with Crippen molar-refractivity contribution in [3.8, 4) is 0 Å². The highest BCUT2D eigenvalue weighted by Gasteiger charge is 2.16. The molecular weight excluding hydrogens is 469 g/mol. The fourth-order valence-corrected chi connectivity index (χ4v) is 4.17. The monoisotopic (exact) mass is 489 g/mol. The van der Waals surface area contributed by atoms with Crippen molar-refractivity contribution in [3.05, 3.63) is 88.7 Å². The largest absolute Gasteiger partial charge is 0.345 e. The highest BCUT2D eigenvalue weighted by Crippen LogP contribution is 2.22. The molecule has 0 saturated heterocycles. The van der Waals surface area contributed by atoms with E-state index >= 15 is 0 Å². The number of nitrogens with one attached hydrogen (secondary N) is 2. The lowest BCUT2D eigenvalue weighted by molar-refractivity contribution is -0.115. The number of rotatable bonds is 7. The van der Waals surface area contributed by atoms with Crippen LogP contribution in [0, 0.1) is 5.82 Å². The number of carbonyl (C=O) groups is 2. The van der Waals surface area contributed by atoms with Gasteiger partial charge in [-0.25, -0.2) is 12.8 Å². The van der Waals surface area contributed by atoms with Crippen LogP contribution in [-0.2, 0) is 21.2 Å². The molecule has 2 N–H and O–H groups in total. The van der Waals surface area contributed by atoms with Crippen LogP contribution in [0.5, 0.6) is 0 Å². The molecule has 0 aliphatic rings. The van der Waals surface area contributed by atoms with Crippen LogP contribution < -0.4 is 10.0 Å². The standard InChI is InChI=1S/C23H21ClFN3O4S/c1-28(2)23(30)20-14-18(9-12-21(20)24)26-22(29)13-15-3-7-17(8-4-15)27-33(31,32)19-10-5-16(25)6-11-19/h3-12,14,27H,13H2,1-2H3,(H,26,29). The van der Waals surface area contributed by atoms with E-state index < -0.39 is 15.8 Å². The van der Waals surface area contributed by atoms with Crippen molar-refractivity contribution in [2.45, 2.75) is 11.3 Å². The van der Waals surface area contributed by atoms with E-state index in [1.807, 2.05) is 0 Å². The second-order valence-electron chi connectivity index (χ2n) is 7.38. The van der Waals surface area contributed by atoms with E-state index in [2.05, 4.69) is 10.0 Å². The first kappa shape index (κ1) is 24.2. The van der Waals surface area contributed by atoms with Crippen LogP contribution in [0.2, 0.25) is 5.02 Å². The number of anilines is 2. The lowest BCUT2D eigenvalue weighted by atomic mass is 10.1. The van der Waals surface area contributed by atoms with Crippen molar-refractivity contribution in [2.24, 2.45) is 0 Å². The molecule has 0 fully saturated rings. The summed E-state index contributed by atoms with van der Waals surface area (Å²) in [5, 5.41) is 3.00. The normalized spacial score (nSPS) is 11.0. The molecule has 7 nitrogen and oxygen atoms in total. The number of hydrogen-bond acceptors (Lipinski definition) is 4. The Bertz CT molecular complexity index is 1280. The zero-order valence-corrected chi connectivity index (χ0v) is 19.4. The van der Waals surface area contributed by atoms with E-state index in [0.29, 0.717) is 16.9 Å². The van der Waals surface area contributed by atoms with Crippen LogP contribution in [0.4, 0.5) is 15.8 Å². The highest BCUT2D eigenvalue weighted by molar-refractivity contribution is 7.92. The summed E-state index contributed by atoms with van der Waals surface area (Å²) in [6.45, 7) is 0. The van der Waals surface area contributed by atoms with Gasteiger partial charge in [-0.1, -0.05) is 23.7 Å². The van der Waals surface area contributed by atoms with E-state index in [1.54, 1.807) is 32.3 Å². The van der Waals surface area contributed by atoms with Crippen LogP contribution in [-0.4, -0.2) is 39.2 Å². The van der Waals surface area contributed by atoms with Crippen molar-refractivity contribution in [3.63, 3.8) is 0 Å². The summed E-state index contributed by atoms with van der Waals surface area (Å²) in [6.07, 6.45) is 0.0323. The predicted octanol–water partition coefficient (Wildman–Crippen LogP) is 4.16. The molecule has 33 heavy (non-hydrogen) atoms. The first-order chi connectivity index (χ1) is 15.5. The summed E-state index contributed by atoms with van der Waals surface area (Å²) < 4.78 is 40.2. The summed E-state index contributed by atoms with van der Waals surface area (Å²) >= 11 is 6.08. The molecule has 172 valence electrons. The van der Waals surface area contributed by atoms with Gasteiger partial charge in [0.15, 0.2) is 0 Å². The van der Waals surface area contributed by atoms with E-state index in [4.69, 9.17) is 11.6 Å². The van der Waals surface area contributed by atoms with Crippen molar-refractivity contribution in [1.82, 2.24) is 4.90 Å². The molecular formula is C23H21ClFN3O4S. The molecule has 0 unspecified atom stereocenters. The lowest BCUT2D eigenvalue weighted by Gasteiger charge is -2.13. The molecule has 0 radical (unpaired) electrons. The summed E-state index contributed by atoms with van der Waals surface area (Å²) in [5.74, 6) is -1.13. The Morgan fingerprint density at radius 1 is 0.939 bits per heavy atom. The fraction of sp³-hybridized carbons (Fsp3) is 0.130. The number of sulfonamides is 1. The Morgan fingerprint density at radius 3 is 2.15 bits per heavy atom. The minimum absolute atomic E-state index is 0.0323. The predicted molar refractivity (Wildman–Crippen MR) is 125 cm³/mol. The summed E-state index contributed by atoms with van der Waals surface area (Å²) in [4.78, 5) is 25.9. The Balaban J connectivity index is 1.64. The molecule has 3 aromatic rings. The van der Waals surface area contributed by atoms with E-state index in [-0.39, 0.29) is 33.7 Å². The van der Waals surface area contributed by atoms with E-state index in [9.17, 15) is 22.4 Å². The van der Waals surface area contributed by atoms with Gasteiger partial charge in [0, 0.05) is 25.5 Å². The first-order valence-corrected chi connectivity index (χ1v) is 11.6. The van der Waals surface area contributed by atoms with Gasteiger partial charge in [0.05, 0.1) is 21.9 Å². The highest BCUT2D eigenvalue weighted by atomic mass is 35.5. The van der Waals surface area contributed by atoms with Gasteiger partial charge < -0.3 is 10.2 Å². The molecule has 0 atom stereocenters. The molecule has 0 aromatic heterocycles. The SMILES string of the molecule is CN(C)C(=O)c1cc(NC(=O)Cc2ccc(NS(=O)(=O)c3ccc(F)cc3)cc2)ccc1Cl. The van der Waals surface area contributed by atoms with Gasteiger partial charge in [0.25, 0.3) is 15.9 Å². The van der Waals surface area contributed by atoms with Gasteiger partial charge in [-0.2, -0.15) is 0 Å². The molecule has 0 bridgehead atoms.